The van der Waals surface area contributed by atoms with Crippen molar-refractivity contribution in [3.8, 4) is 0 Å². The highest BCUT2D eigenvalue weighted by Gasteiger charge is 2.13. The van der Waals surface area contributed by atoms with Gasteiger partial charge >= 0.3 is 0 Å². The molecule has 0 radical (unpaired) electrons. The zero-order valence-electron chi connectivity index (χ0n) is 15.7. The molecule has 134 valence electrons. The van der Waals surface area contributed by atoms with Crippen LogP contribution in [0.3, 0.4) is 0 Å². The van der Waals surface area contributed by atoms with E-state index in [1.165, 1.54) is 22.4 Å². The minimum Gasteiger partial charge on any atom is -0.378 e. The van der Waals surface area contributed by atoms with Crippen molar-refractivity contribution in [1.29, 1.82) is 0 Å². The average Bonchev–Trinajstić information content (AvgIpc) is 2.70. The summed E-state index contributed by atoms with van der Waals surface area (Å²) >= 11 is 0. The van der Waals surface area contributed by atoms with Gasteiger partial charge in [0.15, 0.2) is 0 Å². The third-order valence-corrected chi connectivity index (χ3v) is 4.80. The van der Waals surface area contributed by atoms with Crippen molar-refractivity contribution in [3.05, 3.63) is 102 Å². The van der Waals surface area contributed by atoms with Crippen molar-refractivity contribution in [1.82, 2.24) is 5.32 Å². The van der Waals surface area contributed by atoms with Gasteiger partial charge < -0.3 is 10.2 Å². The molecule has 0 amide bonds. The van der Waals surface area contributed by atoms with Crippen LogP contribution >= 0.6 is 0 Å². The van der Waals surface area contributed by atoms with Crippen LogP contribution < -0.4 is 10.2 Å². The van der Waals surface area contributed by atoms with E-state index in [1.54, 1.807) is 0 Å². The van der Waals surface area contributed by atoms with Crippen molar-refractivity contribution >= 4 is 5.69 Å². The highest BCUT2D eigenvalue weighted by Crippen LogP contribution is 2.27. The Bertz CT molecular complexity index is 725. The maximum absolute atomic E-state index is 3.61. The first kappa shape index (κ1) is 18.2. The highest BCUT2D eigenvalue weighted by atomic mass is 15.1. The second-order valence-electron chi connectivity index (χ2n) is 6.90. The first-order valence-corrected chi connectivity index (χ1v) is 9.31. The van der Waals surface area contributed by atoms with Crippen LogP contribution in [0.2, 0.25) is 0 Å². The van der Waals surface area contributed by atoms with Gasteiger partial charge in [-0.05, 0) is 41.8 Å². The Hall–Kier alpha value is -2.58. The fraction of sp³-hybridized carbons (Fsp3) is 0.250. The molecule has 26 heavy (non-hydrogen) atoms. The van der Waals surface area contributed by atoms with E-state index in [0.717, 1.165) is 19.5 Å². The predicted octanol–water partition coefficient (Wildman–Crippen LogP) is 5.06. The van der Waals surface area contributed by atoms with Crippen LogP contribution in [-0.4, -0.2) is 20.6 Å². The van der Waals surface area contributed by atoms with E-state index in [1.807, 2.05) is 0 Å². The Morgan fingerprint density at radius 3 is 1.77 bits per heavy atom. The lowest BCUT2D eigenvalue weighted by molar-refractivity contribution is 0.611. The standard InChI is InChI=1S/C24H28N2/c1-26(2)23-15-13-20(14-16-23)19-25-18-17-24(21-9-5-3-6-10-21)22-11-7-4-8-12-22/h3-16,24-25H,17-19H2,1-2H3. The van der Waals surface area contributed by atoms with E-state index >= 15 is 0 Å². The fourth-order valence-corrected chi connectivity index (χ4v) is 3.29. The molecule has 0 aliphatic rings. The normalized spacial score (nSPS) is 10.9. The van der Waals surface area contributed by atoms with Gasteiger partial charge in [-0.3, -0.25) is 0 Å². The predicted molar refractivity (Wildman–Crippen MR) is 112 cm³/mol. The summed E-state index contributed by atoms with van der Waals surface area (Å²) in [6.45, 7) is 1.90. The van der Waals surface area contributed by atoms with Crippen LogP contribution in [0.5, 0.6) is 0 Å². The Balaban J connectivity index is 1.58. The molecule has 1 N–H and O–H groups in total. The quantitative estimate of drug-likeness (QED) is 0.574. The Labute approximate surface area is 157 Å². The third kappa shape index (κ3) is 4.96. The van der Waals surface area contributed by atoms with Gasteiger partial charge in [0.2, 0.25) is 0 Å². The lowest BCUT2D eigenvalue weighted by atomic mass is 9.88. The van der Waals surface area contributed by atoms with Crippen molar-refractivity contribution in [2.24, 2.45) is 0 Å². The molecule has 0 saturated heterocycles. The minimum absolute atomic E-state index is 0.431. The molecular weight excluding hydrogens is 316 g/mol. The molecule has 3 aromatic carbocycles. The van der Waals surface area contributed by atoms with Crippen LogP contribution in [-0.2, 0) is 6.54 Å². The summed E-state index contributed by atoms with van der Waals surface area (Å²) in [5.41, 5.74) is 5.33. The van der Waals surface area contributed by atoms with Crippen molar-refractivity contribution in [3.63, 3.8) is 0 Å². The maximum atomic E-state index is 3.61. The van der Waals surface area contributed by atoms with Gasteiger partial charge in [0.1, 0.15) is 0 Å². The van der Waals surface area contributed by atoms with Crippen LogP contribution in [0.25, 0.3) is 0 Å². The van der Waals surface area contributed by atoms with Crippen LogP contribution in [0.1, 0.15) is 29.0 Å². The zero-order valence-corrected chi connectivity index (χ0v) is 15.7. The Kier molecular flexibility index (Phi) is 6.45. The largest absolute Gasteiger partial charge is 0.378 e. The summed E-state index contributed by atoms with van der Waals surface area (Å²) in [5.74, 6) is 0.431. The summed E-state index contributed by atoms with van der Waals surface area (Å²) in [7, 11) is 4.14. The number of nitrogens with one attached hydrogen (secondary N) is 1. The van der Waals surface area contributed by atoms with Gasteiger partial charge in [-0.15, -0.1) is 0 Å². The monoisotopic (exact) mass is 344 g/mol. The number of hydrogen-bond donors (Lipinski definition) is 1. The second-order valence-corrected chi connectivity index (χ2v) is 6.90. The Morgan fingerprint density at radius 1 is 0.731 bits per heavy atom. The molecule has 0 heterocycles. The number of benzene rings is 3. The summed E-state index contributed by atoms with van der Waals surface area (Å²) in [6, 6.07) is 30.4. The molecule has 0 spiro atoms. The first-order valence-electron chi connectivity index (χ1n) is 9.31. The van der Waals surface area contributed by atoms with E-state index in [4.69, 9.17) is 0 Å². The molecule has 0 aliphatic heterocycles. The molecule has 3 rings (SSSR count). The molecule has 0 aromatic heterocycles. The van der Waals surface area contributed by atoms with E-state index in [0.29, 0.717) is 5.92 Å². The van der Waals surface area contributed by atoms with Crippen molar-refractivity contribution in [2.45, 2.75) is 18.9 Å². The van der Waals surface area contributed by atoms with Crippen LogP contribution in [0, 0.1) is 0 Å². The van der Waals surface area contributed by atoms with E-state index < -0.39 is 0 Å². The average molecular weight is 345 g/mol. The van der Waals surface area contributed by atoms with Gasteiger partial charge in [-0.1, -0.05) is 72.8 Å². The summed E-state index contributed by atoms with van der Waals surface area (Å²) < 4.78 is 0. The molecule has 0 atom stereocenters. The first-order chi connectivity index (χ1) is 12.7. The highest BCUT2D eigenvalue weighted by molar-refractivity contribution is 5.46. The van der Waals surface area contributed by atoms with E-state index in [2.05, 4.69) is 109 Å². The van der Waals surface area contributed by atoms with E-state index in [9.17, 15) is 0 Å². The van der Waals surface area contributed by atoms with Crippen LogP contribution in [0.4, 0.5) is 5.69 Å². The fourth-order valence-electron chi connectivity index (χ4n) is 3.29. The third-order valence-electron chi connectivity index (χ3n) is 4.80. The van der Waals surface area contributed by atoms with Gasteiger partial charge in [0.05, 0.1) is 0 Å². The lowest BCUT2D eigenvalue weighted by Gasteiger charge is -2.18. The topological polar surface area (TPSA) is 15.3 Å². The van der Waals surface area contributed by atoms with Gasteiger partial charge in [0, 0.05) is 32.2 Å². The maximum Gasteiger partial charge on any atom is 0.0361 e. The van der Waals surface area contributed by atoms with Gasteiger partial charge in [-0.25, -0.2) is 0 Å². The van der Waals surface area contributed by atoms with Gasteiger partial charge in [0.25, 0.3) is 0 Å². The van der Waals surface area contributed by atoms with Crippen LogP contribution in [0.15, 0.2) is 84.9 Å². The molecular formula is C24H28N2. The minimum atomic E-state index is 0.431. The molecule has 0 aliphatic carbocycles. The molecule has 0 fully saturated rings. The number of rotatable bonds is 8. The summed E-state index contributed by atoms with van der Waals surface area (Å²) in [6.07, 6.45) is 1.09. The summed E-state index contributed by atoms with van der Waals surface area (Å²) in [4.78, 5) is 2.13. The molecule has 2 heteroatoms. The zero-order chi connectivity index (χ0) is 18.2. The molecule has 0 unspecified atom stereocenters. The number of nitrogens with zero attached hydrogens (tertiary/aromatic N) is 1. The van der Waals surface area contributed by atoms with Crippen molar-refractivity contribution in [2.75, 3.05) is 25.5 Å². The molecule has 2 nitrogen and oxygen atoms in total. The summed E-state index contributed by atoms with van der Waals surface area (Å²) in [5, 5.41) is 3.61. The molecule has 0 bridgehead atoms. The second kappa shape index (κ2) is 9.21. The molecule has 0 saturated carbocycles. The smallest absolute Gasteiger partial charge is 0.0361 e. The van der Waals surface area contributed by atoms with E-state index in [-0.39, 0.29) is 0 Å². The lowest BCUT2D eigenvalue weighted by Crippen LogP contribution is -2.18. The number of anilines is 1. The van der Waals surface area contributed by atoms with Gasteiger partial charge in [-0.2, -0.15) is 0 Å². The molecule has 3 aromatic rings. The number of hydrogen-bond acceptors (Lipinski definition) is 2. The Morgan fingerprint density at radius 2 is 1.27 bits per heavy atom. The SMILES string of the molecule is CN(C)c1ccc(CNCCC(c2ccccc2)c2ccccc2)cc1. The van der Waals surface area contributed by atoms with Crippen molar-refractivity contribution < 1.29 is 0 Å².